The molecule has 0 bridgehead atoms. The fourth-order valence-electron chi connectivity index (χ4n) is 1.85. The van der Waals surface area contributed by atoms with E-state index in [9.17, 15) is 22.0 Å². The standard InChI is InChI=1S/C14H8BrF5/c1-6-2-3-8(17)12(14(6)20)13(15)11-9(18)4-7(16)5-10(11)19/h2-5,13H,1H3. The van der Waals surface area contributed by atoms with Crippen LogP contribution in [0.4, 0.5) is 22.0 Å². The molecule has 1 unspecified atom stereocenters. The van der Waals surface area contributed by atoms with Crippen molar-refractivity contribution in [3.05, 3.63) is 70.0 Å². The predicted molar refractivity (Wildman–Crippen MR) is 68.2 cm³/mol. The maximum Gasteiger partial charge on any atom is 0.133 e. The lowest BCUT2D eigenvalue weighted by molar-refractivity contribution is 0.517. The molecule has 0 nitrogen and oxygen atoms in total. The molecule has 0 amide bonds. The van der Waals surface area contributed by atoms with Crippen LogP contribution in [0.5, 0.6) is 0 Å². The van der Waals surface area contributed by atoms with Gasteiger partial charge < -0.3 is 0 Å². The van der Waals surface area contributed by atoms with E-state index in [1.807, 2.05) is 0 Å². The quantitative estimate of drug-likeness (QED) is 0.517. The average molecular weight is 351 g/mol. The van der Waals surface area contributed by atoms with Crippen molar-refractivity contribution in [1.82, 2.24) is 0 Å². The van der Waals surface area contributed by atoms with Gasteiger partial charge in [-0.05, 0) is 18.6 Å². The van der Waals surface area contributed by atoms with E-state index in [0.29, 0.717) is 12.1 Å². The van der Waals surface area contributed by atoms with Crippen molar-refractivity contribution >= 4 is 15.9 Å². The lowest BCUT2D eigenvalue weighted by Crippen LogP contribution is -2.07. The Bertz CT molecular complexity index is 646. The summed E-state index contributed by atoms with van der Waals surface area (Å²) >= 11 is 2.87. The van der Waals surface area contributed by atoms with Crippen LogP contribution in [0.2, 0.25) is 0 Å². The summed E-state index contributed by atoms with van der Waals surface area (Å²) in [5.41, 5.74) is -1.03. The molecule has 0 aliphatic heterocycles. The first-order chi connectivity index (χ1) is 9.32. The van der Waals surface area contributed by atoms with Gasteiger partial charge in [-0.15, -0.1) is 0 Å². The first kappa shape index (κ1) is 15.0. The Hall–Kier alpha value is -1.43. The number of halogens is 6. The lowest BCUT2D eigenvalue weighted by atomic mass is 10.0. The highest BCUT2D eigenvalue weighted by Gasteiger charge is 2.26. The zero-order chi connectivity index (χ0) is 15.0. The summed E-state index contributed by atoms with van der Waals surface area (Å²) < 4.78 is 67.8. The van der Waals surface area contributed by atoms with Crippen LogP contribution in [0.25, 0.3) is 0 Å². The van der Waals surface area contributed by atoms with Crippen molar-refractivity contribution in [1.29, 1.82) is 0 Å². The second-order valence-electron chi connectivity index (χ2n) is 4.24. The van der Waals surface area contributed by atoms with Gasteiger partial charge in [0.05, 0.1) is 4.83 Å². The molecule has 0 aliphatic rings. The Morgan fingerprint density at radius 3 is 1.95 bits per heavy atom. The minimum absolute atomic E-state index is 0.133. The predicted octanol–water partition coefficient (Wildman–Crippen LogP) is 5.17. The molecule has 1 atom stereocenters. The Morgan fingerprint density at radius 2 is 1.40 bits per heavy atom. The van der Waals surface area contributed by atoms with E-state index in [-0.39, 0.29) is 5.56 Å². The van der Waals surface area contributed by atoms with Gasteiger partial charge in [0.2, 0.25) is 0 Å². The maximum atomic E-state index is 14.0. The van der Waals surface area contributed by atoms with E-state index >= 15 is 0 Å². The highest BCUT2D eigenvalue weighted by atomic mass is 79.9. The molecule has 0 radical (unpaired) electrons. The number of aryl methyl sites for hydroxylation is 1. The van der Waals surface area contributed by atoms with Crippen molar-refractivity contribution in [2.24, 2.45) is 0 Å². The summed E-state index contributed by atoms with van der Waals surface area (Å²) in [7, 11) is 0. The van der Waals surface area contributed by atoms with Crippen molar-refractivity contribution in [2.45, 2.75) is 11.8 Å². The van der Waals surface area contributed by atoms with E-state index in [4.69, 9.17) is 0 Å². The summed E-state index contributed by atoms with van der Waals surface area (Å²) in [5, 5.41) is 0. The molecule has 0 fully saturated rings. The Kier molecular flexibility index (Phi) is 4.13. The van der Waals surface area contributed by atoms with Gasteiger partial charge in [-0.2, -0.15) is 0 Å². The number of hydrogen-bond donors (Lipinski definition) is 0. The highest BCUT2D eigenvalue weighted by molar-refractivity contribution is 9.09. The molecule has 0 spiro atoms. The zero-order valence-electron chi connectivity index (χ0n) is 10.2. The molecular formula is C14H8BrF5. The normalized spacial score (nSPS) is 12.6. The molecule has 0 heterocycles. The van der Waals surface area contributed by atoms with E-state index < -0.39 is 45.0 Å². The molecule has 0 saturated heterocycles. The third-order valence-electron chi connectivity index (χ3n) is 2.87. The minimum atomic E-state index is -1.40. The van der Waals surface area contributed by atoms with E-state index in [1.54, 1.807) is 0 Å². The molecule has 106 valence electrons. The van der Waals surface area contributed by atoms with E-state index in [0.717, 1.165) is 6.07 Å². The van der Waals surface area contributed by atoms with Gasteiger partial charge >= 0.3 is 0 Å². The van der Waals surface area contributed by atoms with Gasteiger partial charge in [-0.1, -0.05) is 22.0 Å². The van der Waals surface area contributed by atoms with Crippen molar-refractivity contribution in [2.75, 3.05) is 0 Å². The van der Waals surface area contributed by atoms with Gasteiger partial charge in [0.25, 0.3) is 0 Å². The summed E-state index contributed by atoms with van der Waals surface area (Å²) in [6, 6.07) is 3.13. The Labute approximate surface area is 120 Å². The van der Waals surface area contributed by atoms with Crippen molar-refractivity contribution < 1.29 is 22.0 Å². The SMILES string of the molecule is Cc1ccc(F)c(C(Br)c2c(F)cc(F)cc2F)c1F. The zero-order valence-corrected chi connectivity index (χ0v) is 11.7. The van der Waals surface area contributed by atoms with Crippen LogP contribution < -0.4 is 0 Å². The van der Waals surface area contributed by atoms with Crippen LogP contribution in [0.15, 0.2) is 24.3 Å². The number of alkyl halides is 1. The fraction of sp³-hybridized carbons (Fsp3) is 0.143. The molecule has 0 N–H and O–H groups in total. The number of hydrogen-bond acceptors (Lipinski definition) is 0. The Morgan fingerprint density at radius 1 is 0.850 bits per heavy atom. The topological polar surface area (TPSA) is 0 Å². The summed E-state index contributed by atoms with van der Waals surface area (Å²) in [6.45, 7) is 1.40. The second kappa shape index (κ2) is 5.52. The van der Waals surface area contributed by atoms with E-state index in [2.05, 4.69) is 15.9 Å². The first-order valence-corrected chi connectivity index (χ1v) is 6.47. The monoisotopic (exact) mass is 350 g/mol. The first-order valence-electron chi connectivity index (χ1n) is 5.56. The molecule has 20 heavy (non-hydrogen) atoms. The summed E-state index contributed by atoms with van der Waals surface area (Å²) in [4.78, 5) is -1.40. The lowest BCUT2D eigenvalue weighted by Gasteiger charge is -2.15. The van der Waals surface area contributed by atoms with Crippen LogP contribution in [-0.4, -0.2) is 0 Å². The van der Waals surface area contributed by atoms with Gasteiger partial charge in [0.1, 0.15) is 29.1 Å². The number of rotatable bonds is 2. The molecule has 2 aromatic rings. The van der Waals surface area contributed by atoms with Gasteiger partial charge in [0.15, 0.2) is 0 Å². The van der Waals surface area contributed by atoms with Crippen molar-refractivity contribution in [3.63, 3.8) is 0 Å². The van der Waals surface area contributed by atoms with Crippen LogP contribution in [0.3, 0.4) is 0 Å². The molecule has 0 saturated carbocycles. The third-order valence-corrected chi connectivity index (χ3v) is 3.79. The average Bonchev–Trinajstić information content (AvgIpc) is 2.33. The molecular weight excluding hydrogens is 343 g/mol. The van der Waals surface area contributed by atoms with E-state index in [1.165, 1.54) is 13.0 Å². The second-order valence-corrected chi connectivity index (χ2v) is 5.15. The molecule has 6 heteroatoms. The van der Waals surface area contributed by atoms with Gasteiger partial charge in [0, 0.05) is 23.3 Å². The Balaban J connectivity index is 2.64. The molecule has 0 aromatic heterocycles. The van der Waals surface area contributed by atoms with Gasteiger partial charge in [-0.3, -0.25) is 0 Å². The highest BCUT2D eigenvalue weighted by Crippen LogP contribution is 2.37. The van der Waals surface area contributed by atoms with Crippen LogP contribution in [0.1, 0.15) is 21.5 Å². The summed E-state index contributed by atoms with van der Waals surface area (Å²) in [5.74, 6) is -5.39. The fourth-order valence-corrected chi connectivity index (χ4v) is 2.71. The maximum absolute atomic E-state index is 14.0. The van der Waals surface area contributed by atoms with Crippen LogP contribution >= 0.6 is 15.9 Å². The molecule has 2 aromatic carbocycles. The van der Waals surface area contributed by atoms with Crippen LogP contribution in [0, 0.1) is 36.0 Å². The number of benzene rings is 2. The van der Waals surface area contributed by atoms with Crippen LogP contribution in [-0.2, 0) is 0 Å². The minimum Gasteiger partial charge on any atom is -0.207 e. The van der Waals surface area contributed by atoms with Gasteiger partial charge in [-0.25, -0.2) is 22.0 Å². The third kappa shape index (κ3) is 2.57. The smallest absolute Gasteiger partial charge is 0.133 e. The largest absolute Gasteiger partial charge is 0.207 e. The van der Waals surface area contributed by atoms with Crippen molar-refractivity contribution in [3.8, 4) is 0 Å². The summed E-state index contributed by atoms with van der Waals surface area (Å²) in [6.07, 6.45) is 0. The molecule has 0 aliphatic carbocycles. The molecule has 2 rings (SSSR count).